The van der Waals surface area contributed by atoms with Gasteiger partial charge in [0.1, 0.15) is 0 Å². The van der Waals surface area contributed by atoms with Crippen LogP contribution >= 0.6 is 0 Å². The third-order valence-electron chi connectivity index (χ3n) is 0. The number of hydrogen-bond donors (Lipinski definition) is 0. The first-order valence-corrected chi connectivity index (χ1v) is 1.41. The van der Waals surface area contributed by atoms with Gasteiger partial charge in [-0.15, -0.1) is 0 Å². The molecule has 0 aromatic carbocycles. The normalized spacial score (nSPS) is 2.00. The van der Waals surface area contributed by atoms with E-state index in [1.165, 1.54) is 0 Å². The minimum absolute atomic E-state index is 0. The Bertz CT molecular complexity index is 7.51. The van der Waals surface area contributed by atoms with Crippen molar-refractivity contribution in [3.8, 4) is 0 Å². The summed E-state index contributed by atoms with van der Waals surface area (Å²) in [6, 6.07) is 0. The molecular weight excluding hydrogens is 98.0 g/mol. The van der Waals surface area contributed by atoms with Crippen LogP contribution in [-0.4, -0.2) is 17.4 Å². The molecule has 0 atom stereocenters. The summed E-state index contributed by atoms with van der Waals surface area (Å²) in [6.07, 6.45) is 0. The van der Waals surface area contributed by atoms with E-state index in [-0.39, 0.29) is 46.9 Å². The SMILES string of the molecule is [Al+3].[CH2-]C.[CH2-]C.[Na+]. The van der Waals surface area contributed by atoms with Crippen molar-refractivity contribution in [1.82, 2.24) is 0 Å². The van der Waals surface area contributed by atoms with Gasteiger partial charge in [0.05, 0.1) is 0 Å². The molecular formula is C4H10AlNa+2. The zero-order chi connectivity index (χ0) is 4.00. The molecule has 2 heteroatoms. The molecule has 0 saturated carbocycles. The Balaban J connectivity index is -0.00000000500. The maximum atomic E-state index is 3.25. The van der Waals surface area contributed by atoms with Crippen molar-refractivity contribution in [3.05, 3.63) is 13.8 Å². The van der Waals surface area contributed by atoms with Crippen LogP contribution in [0.25, 0.3) is 0 Å². The largest absolute Gasteiger partial charge is 3.00 e. The maximum Gasteiger partial charge on any atom is 3.00 e. The van der Waals surface area contributed by atoms with E-state index in [1.807, 2.05) is 0 Å². The van der Waals surface area contributed by atoms with Gasteiger partial charge in [0.15, 0.2) is 0 Å². The average Bonchev–Trinajstić information content (AvgIpc) is 1.50. The van der Waals surface area contributed by atoms with Crippen molar-refractivity contribution in [3.63, 3.8) is 0 Å². The fourth-order valence-electron chi connectivity index (χ4n) is 0. The Labute approximate surface area is 74.1 Å². The third-order valence-corrected chi connectivity index (χ3v) is 0. The third kappa shape index (κ3) is 48.4. The van der Waals surface area contributed by atoms with Gasteiger partial charge in [-0.1, -0.05) is 0 Å². The van der Waals surface area contributed by atoms with Gasteiger partial charge in [-0.25, -0.2) is 0 Å². The molecule has 0 aromatic heterocycles. The molecule has 0 amide bonds. The summed E-state index contributed by atoms with van der Waals surface area (Å²) in [4.78, 5) is 0. The Hall–Kier alpha value is 1.53. The Morgan fingerprint density at radius 3 is 0.833 bits per heavy atom. The molecule has 0 rings (SSSR count). The first-order valence-electron chi connectivity index (χ1n) is 1.41. The summed E-state index contributed by atoms with van der Waals surface area (Å²) >= 11 is 0. The zero-order valence-electron chi connectivity index (χ0n) is 4.99. The van der Waals surface area contributed by atoms with Crippen LogP contribution in [0.1, 0.15) is 13.8 Å². The molecule has 0 N–H and O–H groups in total. The minimum atomic E-state index is 0. The smallest absolute Gasteiger partial charge is 0.346 e. The van der Waals surface area contributed by atoms with Crippen molar-refractivity contribution >= 4 is 17.4 Å². The van der Waals surface area contributed by atoms with Crippen LogP contribution < -0.4 is 29.6 Å². The van der Waals surface area contributed by atoms with Gasteiger partial charge in [0, 0.05) is 0 Å². The molecule has 0 heterocycles. The Morgan fingerprint density at radius 1 is 0.833 bits per heavy atom. The predicted octanol–water partition coefficient (Wildman–Crippen LogP) is -1.70. The molecule has 0 aliphatic heterocycles. The van der Waals surface area contributed by atoms with Crippen LogP contribution in [0.5, 0.6) is 0 Å². The zero-order valence-corrected chi connectivity index (χ0v) is 8.15. The van der Waals surface area contributed by atoms with Crippen molar-refractivity contribution in [2.45, 2.75) is 13.8 Å². The predicted molar refractivity (Wildman–Crippen MR) is 27.8 cm³/mol. The minimum Gasteiger partial charge on any atom is -0.346 e. The topological polar surface area (TPSA) is 0 Å². The summed E-state index contributed by atoms with van der Waals surface area (Å²) in [5.41, 5.74) is 0. The summed E-state index contributed by atoms with van der Waals surface area (Å²) < 4.78 is 0. The van der Waals surface area contributed by atoms with E-state index in [0.29, 0.717) is 0 Å². The van der Waals surface area contributed by atoms with Crippen LogP contribution in [0, 0.1) is 13.8 Å². The van der Waals surface area contributed by atoms with Gasteiger partial charge >= 0.3 is 46.9 Å². The molecule has 6 heavy (non-hydrogen) atoms. The van der Waals surface area contributed by atoms with Gasteiger partial charge in [-0.05, 0) is 0 Å². The fourth-order valence-corrected chi connectivity index (χ4v) is 0. The maximum absolute atomic E-state index is 3.25. The van der Waals surface area contributed by atoms with Gasteiger partial charge in [-0.2, -0.15) is 13.8 Å². The molecule has 0 fully saturated rings. The van der Waals surface area contributed by atoms with Crippen molar-refractivity contribution in [1.29, 1.82) is 0 Å². The molecule has 0 aromatic rings. The number of rotatable bonds is 0. The first kappa shape index (κ1) is 25.8. The van der Waals surface area contributed by atoms with E-state index < -0.39 is 0 Å². The molecule has 0 bridgehead atoms. The molecule has 28 valence electrons. The van der Waals surface area contributed by atoms with E-state index in [1.54, 1.807) is 13.8 Å². The van der Waals surface area contributed by atoms with Gasteiger partial charge < -0.3 is 13.8 Å². The quantitative estimate of drug-likeness (QED) is 0.256. The average molecular weight is 108 g/mol. The van der Waals surface area contributed by atoms with Gasteiger partial charge in [0.25, 0.3) is 0 Å². The fraction of sp³-hybridized carbons (Fsp3) is 0.500. The number of hydrogen-bond acceptors (Lipinski definition) is 0. The Morgan fingerprint density at radius 2 is 0.833 bits per heavy atom. The Kier molecular flexibility index (Phi) is 366. The van der Waals surface area contributed by atoms with Crippen LogP contribution in [0.4, 0.5) is 0 Å². The summed E-state index contributed by atoms with van der Waals surface area (Å²) in [6.45, 7) is 10.0. The summed E-state index contributed by atoms with van der Waals surface area (Å²) in [5.74, 6) is 0. The molecule has 0 radical (unpaired) electrons. The van der Waals surface area contributed by atoms with Crippen molar-refractivity contribution < 1.29 is 29.6 Å². The van der Waals surface area contributed by atoms with Gasteiger partial charge in [0.2, 0.25) is 0 Å². The molecule has 0 aliphatic rings. The van der Waals surface area contributed by atoms with E-state index in [9.17, 15) is 0 Å². The molecule has 0 nitrogen and oxygen atoms in total. The molecule has 0 unspecified atom stereocenters. The molecule has 0 saturated heterocycles. The van der Waals surface area contributed by atoms with Crippen molar-refractivity contribution in [2.75, 3.05) is 0 Å². The summed E-state index contributed by atoms with van der Waals surface area (Å²) in [5, 5.41) is 0. The van der Waals surface area contributed by atoms with E-state index in [2.05, 4.69) is 13.8 Å². The summed E-state index contributed by atoms with van der Waals surface area (Å²) in [7, 11) is 0. The van der Waals surface area contributed by atoms with Crippen LogP contribution in [0.2, 0.25) is 0 Å². The van der Waals surface area contributed by atoms with Crippen LogP contribution in [-0.2, 0) is 0 Å². The second-order valence-corrected chi connectivity index (χ2v) is 0. The molecule has 0 spiro atoms. The van der Waals surface area contributed by atoms with Gasteiger partial charge in [-0.3, -0.25) is 0 Å². The second-order valence-electron chi connectivity index (χ2n) is 0. The van der Waals surface area contributed by atoms with Crippen LogP contribution in [0.3, 0.4) is 0 Å². The van der Waals surface area contributed by atoms with Crippen molar-refractivity contribution in [2.24, 2.45) is 0 Å². The monoisotopic (exact) mass is 108 g/mol. The first-order chi connectivity index (χ1) is 2.00. The van der Waals surface area contributed by atoms with E-state index in [4.69, 9.17) is 0 Å². The van der Waals surface area contributed by atoms with Crippen LogP contribution in [0.15, 0.2) is 0 Å². The van der Waals surface area contributed by atoms with E-state index in [0.717, 1.165) is 0 Å². The standard InChI is InChI=1S/2C2H5.Al.Na/c2*1-2;;/h2*1H2,2H3;;/q2*-1;+3;+1. The van der Waals surface area contributed by atoms with E-state index >= 15 is 0 Å². The second kappa shape index (κ2) is 85.1. The molecule has 0 aliphatic carbocycles.